The molecule has 0 aromatic carbocycles. The number of hydrogen-bond donors (Lipinski definition) is 3. The molecule has 0 amide bonds. The van der Waals surface area contributed by atoms with Crippen molar-refractivity contribution in [1.82, 2.24) is 24.7 Å². The van der Waals surface area contributed by atoms with E-state index in [1.807, 2.05) is 0 Å². The van der Waals surface area contributed by atoms with Crippen LogP contribution >= 0.6 is 11.8 Å². The van der Waals surface area contributed by atoms with Crippen LogP contribution in [0.4, 0.5) is 0 Å². The van der Waals surface area contributed by atoms with Crippen LogP contribution in [0, 0.1) is 0 Å². The zero-order valence-electron chi connectivity index (χ0n) is 10.1. The highest BCUT2D eigenvalue weighted by atomic mass is 32.2. The number of hydrogen-bond acceptors (Lipinski definition) is 8. The third-order valence-corrected chi connectivity index (χ3v) is 3.19. The van der Waals surface area contributed by atoms with E-state index >= 15 is 0 Å². The van der Waals surface area contributed by atoms with Crippen LogP contribution in [0.2, 0.25) is 0 Å². The van der Waals surface area contributed by atoms with Crippen LogP contribution in [-0.4, -0.2) is 35.8 Å². The second-order valence-corrected chi connectivity index (χ2v) is 4.45. The molecule has 10 nitrogen and oxygen atoms in total. The Morgan fingerprint density at radius 1 is 1.45 bits per heavy atom. The molecule has 2 aromatic rings. The minimum Gasteiger partial charge on any atom is -0.409 e. The van der Waals surface area contributed by atoms with Gasteiger partial charge in [-0.3, -0.25) is 19.4 Å². The van der Waals surface area contributed by atoms with Crippen molar-refractivity contribution in [2.45, 2.75) is 10.2 Å². The summed E-state index contributed by atoms with van der Waals surface area (Å²) < 4.78 is 1.26. The SMILES string of the molecule is Cn1[nH]c(=O)c(=O)nc1Sc1nccnc1C(N)=NO. The first kappa shape index (κ1) is 13.7. The molecule has 0 bridgehead atoms. The monoisotopic (exact) mass is 295 g/mol. The van der Waals surface area contributed by atoms with Crippen LogP contribution in [0.3, 0.4) is 0 Å². The highest BCUT2D eigenvalue weighted by molar-refractivity contribution is 7.99. The lowest BCUT2D eigenvalue weighted by Gasteiger charge is -2.07. The van der Waals surface area contributed by atoms with Crippen molar-refractivity contribution in [3.8, 4) is 0 Å². The van der Waals surface area contributed by atoms with Gasteiger partial charge in [0.05, 0.1) is 0 Å². The third-order valence-electron chi connectivity index (χ3n) is 2.15. The zero-order valence-corrected chi connectivity index (χ0v) is 11.0. The number of oxime groups is 1. The van der Waals surface area contributed by atoms with E-state index in [0.29, 0.717) is 0 Å². The fourth-order valence-electron chi connectivity index (χ4n) is 1.26. The minimum atomic E-state index is -0.917. The summed E-state index contributed by atoms with van der Waals surface area (Å²) in [4.78, 5) is 33.9. The fourth-order valence-corrected chi connectivity index (χ4v) is 2.11. The molecule has 104 valence electrons. The van der Waals surface area contributed by atoms with E-state index in [1.54, 1.807) is 0 Å². The summed E-state index contributed by atoms with van der Waals surface area (Å²) in [5.41, 5.74) is 3.87. The van der Waals surface area contributed by atoms with Crippen molar-refractivity contribution in [2.75, 3.05) is 0 Å². The van der Waals surface area contributed by atoms with Gasteiger partial charge in [0.25, 0.3) is 0 Å². The minimum absolute atomic E-state index is 0.139. The molecule has 0 fully saturated rings. The van der Waals surface area contributed by atoms with Crippen LogP contribution in [0.5, 0.6) is 0 Å². The lowest BCUT2D eigenvalue weighted by molar-refractivity contribution is 0.318. The average Bonchev–Trinajstić information content (AvgIpc) is 2.44. The molecule has 2 rings (SSSR count). The van der Waals surface area contributed by atoms with Crippen molar-refractivity contribution in [3.63, 3.8) is 0 Å². The number of amidine groups is 1. The van der Waals surface area contributed by atoms with Crippen molar-refractivity contribution < 1.29 is 5.21 Å². The molecule has 0 aliphatic heterocycles. The summed E-state index contributed by atoms with van der Waals surface area (Å²) in [7, 11) is 1.51. The molecule has 0 aliphatic carbocycles. The Bertz CT molecular complexity index is 782. The highest BCUT2D eigenvalue weighted by Gasteiger charge is 2.14. The quantitative estimate of drug-likeness (QED) is 0.203. The Labute approximate surface area is 115 Å². The molecule has 4 N–H and O–H groups in total. The van der Waals surface area contributed by atoms with Crippen molar-refractivity contribution >= 4 is 17.6 Å². The zero-order chi connectivity index (χ0) is 14.7. The van der Waals surface area contributed by atoms with Gasteiger partial charge in [-0.15, -0.1) is 0 Å². The van der Waals surface area contributed by atoms with E-state index in [9.17, 15) is 9.59 Å². The van der Waals surface area contributed by atoms with Crippen LogP contribution in [-0.2, 0) is 7.05 Å². The van der Waals surface area contributed by atoms with Gasteiger partial charge in [-0.2, -0.15) is 4.98 Å². The van der Waals surface area contributed by atoms with Gasteiger partial charge in [0, 0.05) is 19.4 Å². The van der Waals surface area contributed by atoms with E-state index in [0.717, 1.165) is 11.8 Å². The van der Waals surface area contributed by atoms with Crippen molar-refractivity contribution in [1.29, 1.82) is 0 Å². The number of rotatable bonds is 3. The smallest absolute Gasteiger partial charge is 0.339 e. The van der Waals surface area contributed by atoms with E-state index in [4.69, 9.17) is 10.9 Å². The number of aromatic nitrogens is 5. The predicted molar refractivity (Wildman–Crippen MR) is 68.8 cm³/mol. The van der Waals surface area contributed by atoms with Gasteiger partial charge in [0.15, 0.2) is 11.0 Å². The Morgan fingerprint density at radius 3 is 2.85 bits per heavy atom. The molecule has 2 heterocycles. The lowest BCUT2D eigenvalue weighted by atomic mass is 10.4. The highest BCUT2D eigenvalue weighted by Crippen LogP contribution is 2.24. The van der Waals surface area contributed by atoms with Gasteiger partial charge in [0.1, 0.15) is 10.7 Å². The van der Waals surface area contributed by atoms with E-state index < -0.39 is 11.1 Å². The van der Waals surface area contributed by atoms with Gasteiger partial charge in [-0.05, 0) is 11.8 Å². The summed E-state index contributed by atoms with van der Waals surface area (Å²) in [6.45, 7) is 0. The largest absolute Gasteiger partial charge is 0.409 e. The Balaban J connectivity index is 2.48. The van der Waals surface area contributed by atoms with E-state index in [-0.39, 0.29) is 21.7 Å². The molecular formula is C9H9N7O3S. The Morgan fingerprint density at radius 2 is 2.15 bits per heavy atom. The summed E-state index contributed by atoms with van der Waals surface area (Å²) >= 11 is 0.944. The number of nitrogens with two attached hydrogens (primary N) is 1. The Kier molecular flexibility index (Phi) is 3.79. The molecular weight excluding hydrogens is 286 g/mol. The number of nitrogens with one attached hydrogen (secondary N) is 1. The van der Waals surface area contributed by atoms with E-state index in [1.165, 1.54) is 24.1 Å². The first-order chi connectivity index (χ1) is 9.52. The molecule has 0 saturated heterocycles. The summed E-state index contributed by atoms with van der Waals surface area (Å²) in [5.74, 6) is -0.227. The van der Waals surface area contributed by atoms with Gasteiger partial charge in [0.2, 0.25) is 0 Å². The Hall–Kier alpha value is -2.69. The standard InChI is InChI=1S/C9H9N7O3S/c1-16-9(13-6(17)7(18)14-16)20-8-4(5(10)15-19)11-2-3-12-8/h2-3,19H,1H3,(H2,10,15)(H,14,18). The second kappa shape index (κ2) is 5.52. The summed E-state index contributed by atoms with van der Waals surface area (Å²) in [6, 6.07) is 0. The van der Waals surface area contributed by atoms with Crippen LogP contribution in [0.1, 0.15) is 5.69 Å². The maximum Gasteiger partial charge on any atom is 0.339 e. The molecule has 0 aliphatic rings. The maximum absolute atomic E-state index is 11.3. The van der Waals surface area contributed by atoms with Crippen molar-refractivity contribution in [3.05, 3.63) is 38.8 Å². The second-order valence-electron chi connectivity index (χ2n) is 3.50. The molecule has 0 spiro atoms. The van der Waals surface area contributed by atoms with Crippen molar-refractivity contribution in [2.24, 2.45) is 17.9 Å². The van der Waals surface area contributed by atoms with E-state index in [2.05, 4.69) is 25.2 Å². The first-order valence-electron chi connectivity index (χ1n) is 5.17. The topological polar surface area (TPSA) is 152 Å². The van der Waals surface area contributed by atoms with Crippen LogP contribution in [0.25, 0.3) is 0 Å². The average molecular weight is 295 g/mol. The molecule has 2 aromatic heterocycles. The fraction of sp³-hybridized carbons (Fsp3) is 0.111. The van der Waals surface area contributed by atoms with Gasteiger partial charge in [-0.25, -0.2) is 9.97 Å². The first-order valence-corrected chi connectivity index (χ1v) is 5.98. The summed E-state index contributed by atoms with van der Waals surface area (Å²) in [6.07, 6.45) is 2.77. The molecule has 0 unspecified atom stereocenters. The third kappa shape index (κ3) is 2.66. The van der Waals surface area contributed by atoms with Crippen LogP contribution < -0.4 is 16.9 Å². The van der Waals surface area contributed by atoms with Gasteiger partial charge in [-0.1, -0.05) is 5.16 Å². The molecule has 0 atom stereocenters. The van der Waals surface area contributed by atoms with Gasteiger partial charge < -0.3 is 10.9 Å². The number of nitrogens with zero attached hydrogens (tertiary/aromatic N) is 5. The number of H-pyrrole nitrogens is 1. The summed E-state index contributed by atoms with van der Waals surface area (Å²) in [5, 5.41) is 14.3. The molecule has 20 heavy (non-hydrogen) atoms. The molecule has 11 heteroatoms. The van der Waals surface area contributed by atoms with Gasteiger partial charge >= 0.3 is 11.1 Å². The lowest BCUT2D eigenvalue weighted by Crippen LogP contribution is -2.33. The normalized spacial score (nSPS) is 11.6. The predicted octanol–water partition coefficient (Wildman–Crippen LogP) is -1.50. The molecule has 0 radical (unpaired) electrons. The van der Waals surface area contributed by atoms with Crippen LogP contribution in [0.15, 0.2) is 37.3 Å². The maximum atomic E-state index is 11.3. The number of aromatic amines is 1. The number of aryl methyl sites for hydroxylation is 1. The molecule has 0 saturated carbocycles.